The van der Waals surface area contributed by atoms with Crippen LogP contribution in [0.15, 0.2) is 42.5 Å². The number of benzene rings is 2. The average Bonchev–Trinajstić information content (AvgIpc) is 3.15. The predicted octanol–water partition coefficient (Wildman–Crippen LogP) is 2.52. The molecule has 25 heavy (non-hydrogen) atoms. The number of amides is 3. The monoisotopic (exact) mass is 342 g/mol. The van der Waals surface area contributed by atoms with Gasteiger partial charge in [-0.05, 0) is 42.3 Å². The molecule has 4 rings (SSSR count). The summed E-state index contributed by atoms with van der Waals surface area (Å²) < 4.78 is 23.6. The highest BCUT2D eigenvalue weighted by Crippen LogP contribution is 2.38. The zero-order valence-corrected chi connectivity index (χ0v) is 13.4. The number of hydrogen-bond donors (Lipinski definition) is 1. The second kappa shape index (κ2) is 5.47. The summed E-state index contributed by atoms with van der Waals surface area (Å²) in [7, 11) is 0. The molecule has 1 N–H and O–H groups in total. The molecule has 2 aliphatic rings. The number of nitrogens with one attached hydrogen (secondary N) is 1. The first-order chi connectivity index (χ1) is 12.0. The molecule has 128 valence electrons. The quantitative estimate of drug-likeness (QED) is 0.871. The molecule has 6 nitrogen and oxygen atoms in total. The van der Waals surface area contributed by atoms with Gasteiger partial charge in [-0.2, -0.15) is 0 Å². The van der Waals surface area contributed by atoms with Crippen molar-refractivity contribution in [1.29, 1.82) is 0 Å². The molecule has 3 amide bonds. The fourth-order valence-electron chi connectivity index (χ4n) is 3.02. The maximum absolute atomic E-state index is 13.0. The van der Waals surface area contributed by atoms with Crippen LogP contribution in [0.5, 0.6) is 11.5 Å². The summed E-state index contributed by atoms with van der Waals surface area (Å²) in [4.78, 5) is 26.4. The Morgan fingerprint density at radius 3 is 2.60 bits per heavy atom. The highest BCUT2D eigenvalue weighted by Gasteiger charge is 2.49. The Labute approximate surface area is 143 Å². The van der Waals surface area contributed by atoms with Crippen LogP contribution in [0.1, 0.15) is 18.1 Å². The van der Waals surface area contributed by atoms with Gasteiger partial charge < -0.3 is 14.8 Å². The topological polar surface area (TPSA) is 67.9 Å². The summed E-state index contributed by atoms with van der Waals surface area (Å²) in [5.74, 6) is 0.400. The Bertz CT molecular complexity index is 868. The Balaban J connectivity index is 1.62. The lowest BCUT2D eigenvalue weighted by Crippen LogP contribution is -2.40. The number of urea groups is 1. The van der Waals surface area contributed by atoms with E-state index >= 15 is 0 Å². The number of rotatable bonds is 3. The van der Waals surface area contributed by atoms with E-state index in [-0.39, 0.29) is 25.1 Å². The van der Waals surface area contributed by atoms with E-state index in [4.69, 9.17) is 9.47 Å². The molecule has 2 heterocycles. The molecule has 0 saturated carbocycles. The summed E-state index contributed by atoms with van der Waals surface area (Å²) in [6.45, 7) is 1.85. The molecule has 1 unspecified atom stereocenters. The van der Waals surface area contributed by atoms with E-state index in [1.54, 1.807) is 37.3 Å². The Hall–Kier alpha value is -3.09. The van der Waals surface area contributed by atoms with Crippen LogP contribution in [0.4, 0.5) is 9.18 Å². The Kier molecular flexibility index (Phi) is 3.38. The summed E-state index contributed by atoms with van der Waals surface area (Å²) in [6, 6.07) is 10.3. The number of carbonyl (C=O) groups excluding carboxylic acids is 2. The molecule has 0 spiro atoms. The number of halogens is 1. The van der Waals surface area contributed by atoms with Gasteiger partial charge in [0.2, 0.25) is 6.79 Å². The normalized spacial score (nSPS) is 21.6. The summed E-state index contributed by atoms with van der Waals surface area (Å²) in [6.07, 6.45) is 0. The zero-order valence-electron chi connectivity index (χ0n) is 13.4. The van der Waals surface area contributed by atoms with Gasteiger partial charge in [-0.15, -0.1) is 0 Å². The smallest absolute Gasteiger partial charge is 0.325 e. The molecule has 0 bridgehead atoms. The van der Waals surface area contributed by atoms with Gasteiger partial charge in [0, 0.05) is 0 Å². The van der Waals surface area contributed by atoms with Gasteiger partial charge in [0.1, 0.15) is 11.4 Å². The average molecular weight is 342 g/mol. The van der Waals surface area contributed by atoms with E-state index in [1.807, 2.05) is 0 Å². The van der Waals surface area contributed by atoms with Gasteiger partial charge in [-0.25, -0.2) is 9.18 Å². The molecular formula is C18H15FN2O4. The molecule has 1 atom stereocenters. The van der Waals surface area contributed by atoms with Crippen LogP contribution in [0.25, 0.3) is 0 Å². The minimum atomic E-state index is -1.20. The van der Waals surface area contributed by atoms with Crippen molar-refractivity contribution < 1.29 is 23.5 Å². The molecule has 2 aromatic carbocycles. The molecule has 2 aromatic rings. The highest BCUT2D eigenvalue weighted by atomic mass is 19.1. The minimum Gasteiger partial charge on any atom is -0.454 e. The van der Waals surface area contributed by atoms with Crippen molar-refractivity contribution in [3.63, 3.8) is 0 Å². The second-order valence-electron chi connectivity index (χ2n) is 6.14. The fourth-order valence-corrected chi connectivity index (χ4v) is 3.02. The van der Waals surface area contributed by atoms with Crippen molar-refractivity contribution in [2.24, 2.45) is 0 Å². The molecule has 7 heteroatoms. The minimum absolute atomic E-state index is 0.0745. The third kappa shape index (κ3) is 2.48. The Morgan fingerprint density at radius 1 is 1.12 bits per heavy atom. The lowest BCUT2D eigenvalue weighted by molar-refractivity contribution is -0.131. The number of nitrogens with zero attached hydrogens (tertiary/aromatic N) is 1. The highest BCUT2D eigenvalue weighted by molar-refractivity contribution is 6.07. The molecule has 0 aliphatic carbocycles. The van der Waals surface area contributed by atoms with Gasteiger partial charge in [-0.3, -0.25) is 9.69 Å². The number of ether oxygens (including phenoxy) is 2. The molecule has 0 aromatic heterocycles. The van der Waals surface area contributed by atoms with E-state index in [0.29, 0.717) is 22.6 Å². The van der Waals surface area contributed by atoms with E-state index < -0.39 is 11.6 Å². The first-order valence-corrected chi connectivity index (χ1v) is 7.76. The van der Waals surface area contributed by atoms with Gasteiger partial charge in [0.15, 0.2) is 11.5 Å². The summed E-state index contributed by atoms with van der Waals surface area (Å²) in [5, 5.41) is 2.74. The number of carbonyl (C=O) groups is 2. The van der Waals surface area contributed by atoms with Crippen LogP contribution in [-0.4, -0.2) is 23.6 Å². The lowest BCUT2D eigenvalue weighted by atomic mass is 9.91. The fraction of sp³-hybridized carbons (Fsp3) is 0.222. The first kappa shape index (κ1) is 15.4. The molecule has 1 saturated heterocycles. The van der Waals surface area contributed by atoms with E-state index in [1.165, 1.54) is 12.1 Å². The van der Waals surface area contributed by atoms with Crippen LogP contribution >= 0.6 is 0 Å². The largest absolute Gasteiger partial charge is 0.454 e. The maximum Gasteiger partial charge on any atom is 0.325 e. The van der Waals surface area contributed by atoms with Crippen LogP contribution < -0.4 is 14.8 Å². The van der Waals surface area contributed by atoms with E-state index in [2.05, 4.69) is 5.32 Å². The molecule has 0 radical (unpaired) electrons. The second-order valence-corrected chi connectivity index (χ2v) is 6.14. The number of fused-ring (bicyclic) bond motifs is 1. The van der Waals surface area contributed by atoms with Gasteiger partial charge in [0.05, 0.1) is 6.54 Å². The van der Waals surface area contributed by atoms with Gasteiger partial charge in [0.25, 0.3) is 5.91 Å². The van der Waals surface area contributed by atoms with Crippen molar-refractivity contribution in [2.75, 3.05) is 6.79 Å². The first-order valence-electron chi connectivity index (χ1n) is 7.76. The van der Waals surface area contributed by atoms with Gasteiger partial charge in [-0.1, -0.05) is 18.2 Å². The number of imide groups is 1. The van der Waals surface area contributed by atoms with Crippen LogP contribution in [0.3, 0.4) is 0 Å². The van der Waals surface area contributed by atoms with Crippen molar-refractivity contribution >= 4 is 11.9 Å². The molecule has 2 aliphatic heterocycles. The summed E-state index contributed by atoms with van der Waals surface area (Å²) >= 11 is 0. The number of hydrogen-bond acceptors (Lipinski definition) is 4. The molecule has 1 fully saturated rings. The van der Waals surface area contributed by atoms with Crippen LogP contribution in [0, 0.1) is 5.82 Å². The SMILES string of the molecule is CC1(c2ccc3c(c2)OCO3)NC(=O)N(Cc2ccc(F)cc2)C1=O. The van der Waals surface area contributed by atoms with Crippen LogP contribution in [0.2, 0.25) is 0 Å². The van der Waals surface area contributed by atoms with E-state index in [0.717, 1.165) is 4.90 Å². The summed E-state index contributed by atoms with van der Waals surface area (Å²) in [5.41, 5.74) is 0.0782. The standard InChI is InChI=1S/C18H15FN2O4/c1-18(12-4-7-14-15(8-12)25-10-24-14)16(22)21(17(23)20-18)9-11-2-5-13(19)6-3-11/h2-8H,9-10H2,1H3,(H,20,23). The van der Waals surface area contributed by atoms with Crippen molar-refractivity contribution in [1.82, 2.24) is 10.2 Å². The van der Waals surface area contributed by atoms with Gasteiger partial charge >= 0.3 is 6.03 Å². The zero-order chi connectivity index (χ0) is 17.6. The van der Waals surface area contributed by atoms with E-state index in [9.17, 15) is 14.0 Å². The Morgan fingerprint density at radius 2 is 1.84 bits per heavy atom. The third-order valence-electron chi connectivity index (χ3n) is 4.48. The lowest BCUT2D eigenvalue weighted by Gasteiger charge is -2.22. The van der Waals surface area contributed by atoms with Crippen molar-refractivity contribution in [2.45, 2.75) is 19.0 Å². The van der Waals surface area contributed by atoms with Crippen LogP contribution in [-0.2, 0) is 16.9 Å². The molecular weight excluding hydrogens is 327 g/mol. The maximum atomic E-state index is 13.0. The van der Waals surface area contributed by atoms with Crippen molar-refractivity contribution in [3.8, 4) is 11.5 Å². The third-order valence-corrected chi connectivity index (χ3v) is 4.48. The predicted molar refractivity (Wildman–Crippen MR) is 85.4 cm³/mol. The van der Waals surface area contributed by atoms with Crippen molar-refractivity contribution in [3.05, 3.63) is 59.4 Å².